The van der Waals surface area contributed by atoms with Crippen LogP contribution in [-0.2, 0) is 11.2 Å². The number of aryl methyl sites for hydroxylation is 3. The van der Waals surface area contributed by atoms with Crippen molar-refractivity contribution in [3.8, 4) is 5.75 Å². The number of carbonyl (C=O) groups is 1. The van der Waals surface area contributed by atoms with Gasteiger partial charge < -0.3 is 15.5 Å². The summed E-state index contributed by atoms with van der Waals surface area (Å²) in [6, 6.07) is 13.6. The molecule has 1 aromatic heterocycles. The Balaban J connectivity index is 1.67. The van der Waals surface area contributed by atoms with Crippen molar-refractivity contribution in [3.05, 3.63) is 65.0 Å². The quantitative estimate of drug-likeness (QED) is 0.649. The molecule has 0 spiro atoms. The topological polar surface area (TPSA) is 81.1 Å². The van der Waals surface area contributed by atoms with Crippen LogP contribution < -0.4 is 15.5 Å². The van der Waals surface area contributed by atoms with Crippen molar-refractivity contribution < 1.29 is 9.53 Å². The Morgan fingerprint density at radius 3 is 2.50 bits per heavy atom. The Labute approximate surface area is 180 Å². The van der Waals surface area contributed by atoms with E-state index < -0.39 is 5.25 Å². The molecule has 8 heteroatoms. The predicted molar refractivity (Wildman–Crippen MR) is 119 cm³/mol. The van der Waals surface area contributed by atoms with Crippen LogP contribution in [0.2, 0.25) is 0 Å². The number of aromatic nitrogens is 3. The maximum absolute atomic E-state index is 13.3. The first-order valence-electron chi connectivity index (χ1n) is 9.89. The van der Waals surface area contributed by atoms with E-state index in [1.807, 2.05) is 61.8 Å². The monoisotopic (exact) mass is 423 g/mol. The highest BCUT2D eigenvalue weighted by Crippen LogP contribution is 2.38. The molecule has 3 aromatic rings. The number of rotatable bonds is 5. The van der Waals surface area contributed by atoms with Crippen molar-refractivity contribution in [2.45, 2.75) is 43.6 Å². The summed E-state index contributed by atoms with van der Waals surface area (Å²) < 4.78 is 7.17. The van der Waals surface area contributed by atoms with Crippen LogP contribution in [0.4, 0.5) is 5.69 Å². The summed E-state index contributed by atoms with van der Waals surface area (Å²) in [5.41, 5.74) is 7.47. The molecule has 156 valence electrons. The van der Waals surface area contributed by atoms with Crippen molar-refractivity contribution in [2.75, 3.05) is 17.9 Å². The molecule has 0 fully saturated rings. The molecule has 30 heavy (non-hydrogen) atoms. The molecule has 0 radical (unpaired) electrons. The molecular weight excluding hydrogens is 398 g/mol. The van der Waals surface area contributed by atoms with Gasteiger partial charge in [0, 0.05) is 12.1 Å². The average molecular weight is 424 g/mol. The van der Waals surface area contributed by atoms with Crippen LogP contribution in [0.25, 0.3) is 0 Å². The van der Waals surface area contributed by atoms with Crippen LogP contribution in [0.15, 0.2) is 47.6 Å². The van der Waals surface area contributed by atoms with Crippen LogP contribution in [0.1, 0.15) is 35.5 Å². The third-order valence-corrected chi connectivity index (χ3v) is 6.26. The first-order valence-corrected chi connectivity index (χ1v) is 10.8. The molecule has 1 aliphatic heterocycles. The van der Waals surface area contributed by atoms with E-state index in [0.29, 0.717) is 5.16 Å². The van der Waals surface area contributed by atoms with Crippen LogP contribution in [-0.4, -0.2) is 33.1 Å². The number of hydrogen-bond donors (Lipinski definition) is 2. The molecule has 7 nitrogen and oxygen atoms in total. The van der Waals surface area contributed by atoms with E-state index in [2.05, 4.69) is 27.0 Å². The maximum Gasteiger partial charge on any atom is 0.240 e. The molecule has 0 saturated heterocycles. The third kappa shape index (κ3) is 4.00. The first-order chi connectivity index (χ1) is 14.5. The van der Waals surface area contributed by atoms with Crippen LogP contribution >= 0.6 is 11.8 Å². The molecule has 2 atom stereocenters. The highest BCUT2D eigenvalue weighted by atomic mass is 32.2. The van der Waals surface area contributed by atoms with Crippen molar-refractivity contribution in [1.29, 1.82) is 0 Å². The number of amides is 1. The number of anilines is 1. The number of hydrogen-bond acceptors (Lipinski definition) is 6. The lowest BCUT2D eigenvalue weighted by Gasteiger charge is -2.33. The Morgan fingerprint density at radius 2 is 1.87 bits per heavy atom. The fourth-order valence-electron chi connectivity index (χ4n) is 3.65. The van der Waals surface area contributed by atoms with E-state index >= 15 is 0 Å². The molecule has 4 rings (SSSR count). The number of nitrogens with zero attached hydrogens (tertiary/aromatic N) is 3. The second-order valence-corrected chi connectivity index (χ2v) is 8.48. The van der Waals surface area contributed by atoms with Crippen LogP contribution in [0, 0.1) is 13.8 Å². The van der Waals surface area contributed by atoms with Gasteiger partial charge in [-0.05, 0) is 54.8 Å². The van der Waals surface area contributed by atoms with E-state index in [9.17, 15) is 4.79 Å². The smallest absolute Gasteiger partial charge is 0.240 e. The van der Waals surface area contributed by atoms with Gasteiger partial charge in [0.05, 0.1) is 13.2 Å². The van der Waals surface area contributed by atoms with Gasteiger partial charge >= 0.3 is 0 Å². The molecule has 0 aliphatic carbocycles. The molecule has 1 aliphatic rings. The molecule has 0 unspecified atom stereocenters. The summed E-state index contributed by atoms with van der Waals surface area (Å²) >= 11 is 1.43. The van der Waals surface area contributed by atoms with E-state index in [1.54, 1.807) is 7.11 Å². The number of fused-ring (bicyclic) bond motifs is 1. The van der Waals surface area contributed by atoms with Gasteiger partial charge in [0.15, 0.2) is 5.82 Å². The summed E-state index contributed by atoms with van der Waals surface area (Å²) in [5.74, 6) is 1.53. The Bertz CT molecular complexity index is 1040. The average Bonchev–Trinajstić information content (AvgIpc) is 3.14. The summed E-state index contributed by atoms with van der Waals surface area (Å²) in [4.78, 5) is 13.3. The van der Waals surface area contributed by atoms with Crippen LogP contribution in [0.3, 0.4) is 0 Å². The zero-order valence-electron chi connectivity index (χ0n) is 17.5. The zero-order valence-corrected chi connectivity index (χ0v) is 18.3. The fourth-order valence-corrected chi connectivity index (χ4v) is 4.75. The van der Waals surface area contributed by atoms with Crippen LogP contribution in [0.5, 0.6) is 5.75 Å². The van der Waals surface area contributed by atoms with E-state index in [1.165, 1.54) is 11.8 Å². The number of benzene rings is 2. The minimum absolute atomic E-state index is 0.0781. The number of methoxy groups -OCH3 is 1. The normalized spacial score (nSPS) is 17.7. The number of thioether (sulfide) groups is 1. The van der Waals surface area contributed by atoms with Gasteiger partial charge in [-0.25, -0.2) is 4.68 Å². The van der Waals surface area contributed by atoms with Gasteiger partial charge in [-0.1, -0.05) is 36.9 Å². The van der Waals surface area contributed by atoms with Crippen molar-refractivity contribution in [1.82, 2.24) is 14.9 Å². The zero-order chi connectivity index (χ0) is 21.3. The molecule has 2 heterocycles. The fraction of sp³-hybridized carbons (Fsp3) is 0.318. The molecule has 0 bridgehead atoms. The lowest BCUT2D eigenvalue weighted by molar-refractivity contribution is -0.116. The van der Waals surface area contributed by atoms with Gasteiger partial charge in [-0.3, -0.25) is 4.79 Å². The highest BCUT2D eigenvalue weighted by Gasteiger charge is 2.37. The minimum Gasteiger partial charge on any atom is -0.497 e. The van der Waals surface area contributed by atoms with Gasteiger partial charge in [-0.2, -0.15) is 0 Å². The predicted octanol–water partition coefficient (Wildman–Crippen LogP) is 3.86. The van der Waals surface area contributed by atoms with Crippen molar-refractivity contribution >= 4 is 23.4 Å². The standard InChI is InChI=1S/C22H25N5O2S/c1-5-18-24-25-22-27(18)26-19(15-6-8-17(29-4)9-7-15)20(30-22)21(28)23-16-11-13(2)10-14(3)12-16/h6-12,19-20,26H,5H2,1-4H3,(H,23,28)/t19-,20+/m1/s1. The second kappa shape index (κ2) is 8.39. The lowest BCUT2D eigenvalue weighted by Crippen LogP contribution is -2.41. The highest BCUT2D eigenvalue weighted by molar-refractivity contribution is 8.00. The summed E-state index contributed by atoms with van der Waals surface area (Å²) in [7, 11) is 1.64. The molecular formula is C22H25N5O2S. The third-order valence-electron chi connectivity index (χ3n) is 5.04. The molecule has 2 aromatic carbocycles. The summed E-state index contributed by atoms with van der Waals surface area (Å²) in [6.07, 6.45) is 0.745. The summed E-state index contributed by atoms with van der Waals surface area (Å²) in [5, 5.41) is 11.9. The van der Waals surface area contributed by atoms with Crippen molar-refractivity contribution in [2.24, 2.45) is 0 Å². The van der Waals surface area contributed by atoms with Gasteiger partial charge in [0.25, 0.3) is 0 Å². The van der Waals surface area contributed by atoms with Crippen molar-refractivity contribution in [3.63, 3.8) is 0 Å². The first kappa shape index (κ1) is 20.3. The molecule has 2 N–H and O–H groups in total. The molecule has 0 saturated carbocycles. The van der Waals surface area contributed by atoms with Gasteiger partial charge in [0.2, 0.25) is 11.1 Å². The largest absolute Gasteiger partial charge is 0.497 e. The van der Waals surface area contributed by atoms with E-state index in [-0.39, 0.29) is 11.9 Å². The number of carbonyl (C=O) groups excluding carboxylic acids is 1. The Kier molecular flexibility index (Phi) is 5.67. The van der Waals surface area contributed by atoms with E-state index in [0.717, 1.165) is 40.4 Å². The number of nitrogens with one attached hydrogen (secondary N) is 2. The Morgan fingerprint density at radius 1 is 1.17 bits per heavy atom. The minimum atomic E-state index is -0.416. The maximum atomic E-state index is 13.3. The second-order valence-electron chi connectivity index (χ2n) is 7.37. The number of ether oxygens (including phenoxy) is 1. The SMILES string of the molecule is CCc1nnc2n1N[C@H](c1ccc(OC)cc1)[C@@H](C(=O)Nc1cc(C)cc(C)c1)S2. The molecule has 1 amide bonds. The lowest BCUT2D eigenvalue weighted by atomic mass is 10.0. The summed E-state index contributed by atoms with van der Waals surface area (Å²) in [6.45, 7) is 6.08. The van der Waals surface area contributed by atoms with E-state index in [4.69, 9.17) is 4.74 Å². The van der Waals surface area contributed by atoms with Gasteiger partial charge in [-0.15, -0.1) is 10.2 Å². The van der Waals surface area contributed by atoms with Gasteiger partial charge in [0.1, 0.15) is 11.0 Å². The Hall–Kier alpha value is -3.00.